The molecule has 0 aliphatic carbocycles. The fraction of sp³-hybridized carbons (Fsp3) is 0.455. The van der Waals surface area contributed by atoms with Crippen molar-refractivity contribution in [1.82, 2.24) is 5.32 Å². The third kappa shape index (κ3) is 3.45. The molecule has 1 atom stereocenters. The van der Waals surface area contributed by atoms with E-state index in [0.717, 1.165) is 16.6 Å². The van der Waals surface area contributed by atoms with Crippen molar-refractivity contribution in [1.29, 1.82) is 0 Å². The third-order valence-corrected chi connectivity index (χ3v) is 3.04. The fourth-order valence-corrected chi connectivity index (χ4v) is 2.27. The average Bonchev–Trinajstić information content (AvgIpc) is 2.14. The summed E-state index contributed by atoms with van der Waals surface area (Å²) in [5.41, 5.74) is -0.193. The number of halogens is 2. The smallest absolute Gasteiger partial charge is 0.101 e. The number of aliphatic hydroxyl groups is 1. The van der Waals surface area contributed by atoms with Gasteiger partial charge in [-0.1, -0.05) is 40.5 Å². The minimum atomic E-state index is -0.937. The minimum Gasteiger partial charge on any atom is -0.384 e. The molecular weight excluding hydrogens is 277 g/mol. The Morgan fingerprint density at radius 3 is 2.73 bits per heavy atom. The van der Waals surface area contributed by atoms with Crippen LogP contribution in [-0.2, 0) is 5.60 Å². The number of hydrogen-bond acceptors (Lipinski definition) is 2. The van der Waals surface area contributed by atoms with E-state index in [1.54, 1.807) is 13.0 Å². The van der Waals surface area contributed by atoms with Crippen molar-refractivity contribution < 1.29 is 5.11 Å². The van der Waals surface area contributed by atoms with Gasteiger partial charge in [-0.05, 0) is 25.6 Å². The zero-order valence-corrected chi connectivity index (χ0v) is 11.2. The lowest BCUT2D eigenvalue weighted by Crippen LogP contribution is -2.35. The molecular formula is C11H15BrClNO. The second-order valence-corrected chi connectivity index (χ2v) is 5.00. The average molecular weight is 293 g/mol. The summed E-state index contributed by atoms with van der Waals surface area (Å²) in [5, 5.41) is 13.9. The van der Waals surface area contributed by atoms with Gasteiger partial charge in [-0.3, -0.25) is 0 Å². The maximum absolute atomic E-state index is 10.2. The monoisotopic (exact) mass is 291 g/mol. The molecule has 2 nitrogen and oxygen atoms in total. The first kappa shape index (κ1) is 13.0. The molecule has 1 unspecified atom stereocenters. The van der Waals surface area contributed by atoms with Gasteiger partial charge in [0, 0.05) is 21.6 Å². The van der Waals surface area contributed by atoms with E-state index in [1.165, 1.54) is 0 Å². The first-order chi connectivity index (χ1) is 6.97. The van der Waals surface area contributed by atoms with Crippen LogP contribution in [0.3, 0.4) is 0 Å². The zero-order chi connectivity index (χ0) is 11.5. The Hall–Kier alpha value is -0.0900. The van der Waals surface area contributed by atoms with Crippen molar-refractivity contribution in [3.05, 3.63) is 33.3 Å². The Morgan fingerprint density at radius 2 is 2.20 bits per heavy atom. The van der Waals surface area contributed by atoms with E-state index in [9.17, 15) is 5.11 Å². The van der Waals surface area contributed by atoms with Gasteiger partial charge in [-0.25, -0.2) is 0 Å². The maximum atomic E-state index is 10.2. The van der Waals surface area contributed by atoms with Crippen molar-refractivity contribution in [3.63, 3.8) is 0 Å². The molecule has 1 rings (SSSR count). The Morgan fingerprint density at radius 1 is 1.53 bits per heavy atom. The van der Waals surface area contributed by atoms with Crippen molar-refractivity contribution >= 4 is 27.5 Å². The van der Waals surface area contributed by atoms with E-state index in [4.69, 9.17) is 11.6 Å². The van der Waals surface area contributed by atoms with Gasteiger partial charge in [0.05, 0.1) is 0 Å². The van der Waals surface area contributed by atoms with Gasteiger partial charge in [-0.2, -0.15) is 0 Å². The molecule has 0 amide bonds. The van der Waals surface area contributed by atoms with Crippen LogP contribution < -0.4 is 5.32 Å². The lowest BCUT2D eigenvalue weighted by molar-refractivity contribution is 0.0577. The van der Waals surface area contributed by atoms with Gasteiger partial charge in [0.25, 0.3) is 0 Å². The number of rotatable bonds is 4. The first-order valence-electron chi connectivity index (χ1n) is 4.86. The SMILES string of the molecule is CCNCC(C)(O)c1ccc(Br)cc1Cl. The van der Waals surface area contributed by atoms with Crippen molar-refractivity contribution in [2.24, 2.45) is 0 Å². The summed E-state index contributed by atoms with van der Waals surface area (Å²) in [5.74, 6) is 0. The highest BCUT2D eigenvalue weighted by molar-refractivity contribution is 9.10. The van der Waals surface area contributed by atoms with E-state index in [-0.39, 0.29) is 0 Å². The lowest BCUT2D eigenvalue weighted by Gasteiger charge is -2.25. The van der Waals surface area contributed by atoms with Gasteiger partial charge in [0.2, 0.25) is 0 Å². The summed E-state index contributed by atoms with van der Waals surface area (Å²) in [6, 6.07) is 5.50. The molecule has 0 bridgehead atoms. The van der Waals surface area contributed by atoms with Crippen LogP contribution in [0, 0.1) is 0 Å². The number of hydrogen-bond donors (Lipinski definition) is 2. The van der Waals surface area contributed by atoms with Crippen LogP contribution in [0.4, 0.5) is 0 Å². The molecule has 84 valence electrons. The molecule has 4 heteroatoms. The molecule has 0 aromatic heterocycles. The molecule has 0 heterocycles. The normalized spacial score (nSPS) is 15.0. The topological polar surface area (TPSA) is 32.3 Å². The van der Waals surface area contributed by atoms with Crippen LogP contribution in [0.5, 0.6) is 0 Å². The molecule has 15 heavy (non-hydrogen) atoms. The molecule has 0 aliphatic rings. The van der Waals surface area contributed by atoms with Crippen LogP contribution in [-0.4, -0.2) is 18.2 Å². The molecule has 0 saturated carbocycles. The highest BCUT2D eigenvalue weighted by Crippen LogP contribution is 2.29. The van der Waals surface area contributed by atoms with Crippen molar-refractivity contribution in [2.45, 2.75) is 19.4 Å². The summed E-state index contributed by atoms with van der Waals surface area (Å²) in [6.45, 7) is 5.07. The van der Waals surface area contributed by atoms with E-state index in [0.29, 0.717) is 11.6 Å². The molecule has 0 saturated heterocycles. The Bertz CT molecular complexity index is 341. The van der Waals surface area contributed by atoms with Crippen LogP contribution in [0.1, 0.15) is 19.4 Å². The molecule has 0 radical (unpaired) electrons. The van der Waals surface area contributed by atoms with Crippen molar-refractivity contribution in [2.75, 3.05) is 13.1 Å². The van der Waals surface area contributed by atoms with Gasteiger partial charge < -0.3 is 10.4 Å². The van der Waals surface area contributed by atoms with Crippen LogP contribution in [0.2, 0.25) is 5.02 Å². The highest BCUT2D eigenvalue weighted by atomic mass is 79.9. The summed E-state index contributed by atoms with van der Waals surface area (Å²) in [6.07, 6.45) is 0. The third-order valence-electron chi connectivity index (χ3n) is 2.23. The summed E-state index contributed by atoms with van der Waals surface area (Å²) >= 11 is 9.41. The maximum Gasteiger partial charge on any atom is 0.101 e. The largest absolute Gasteiger partial charge is 0.384 e. The Balaban J connectivity index is 2.93. The number of nitrogens with one attached hydrogen (secondary N) is 1. The number of benzene rings is 1. The van der Waals surface area contributed by atoms with Gasteiger partial charge in [0.1, 0.15) is 5.60 Å². The second kappa shape index (κ2) is 5.30. The first-order valence-corrected chi connectivity index (χ1v) is 6.03. The lowest BCUT2D eigenvalue weighted by atomic mass is 9.96. The zero-order valence-electron chi connectivity index (χ0n) is 8.85. The fourth-order valence-electron chi connectivity index (χ4n) is 1.39. The van der Waals surface area contributed by atoms with Gasteiger partial charge in [-0.15, -0.1) is 0 Å². The van der Waals surface area contributed by atoms with Crippen LogP contribution in [0.25, 0.3) is 0 Å². The summed E-state index contributed by atoms with van der Waals surface area (Å²) in [4.78, 5) is 0. The van der Waals surface area contributed by atoms with E-state index < -0.39 is 5.60 Å². The Kier molecular flexibility index (Phi) is 4.59. The van der Waals surface area contributed by atoms with Gasteiger partial charge in [0.15, 0.2) is 0 Å². The molecule has 0 spiro atoms. The predicted octanol–water partition coefficient (Wildman–Crippen LogP) is 2.92. The van der Waals surface area contributed by atoms with E-state index in [1.807, 2.05) is 19.1 Å². The molecule has 0 aliphatic heterocycles. The molecule has 2 N–H and O–H groups in total. The molecule has 1 aromatic carbocycles. The van der Waals surface area contributed by atoms with E-state index in [2.05, 4.69) is 21.2 Å². The second-order valence-electron chi connectivity index (χ2n) is 3.68. The van der Waals surface area contributed by atoms with Gasteiger partial charge >= 0.3 is 0 Å². The van der Waals surface area contributed by atoms with Crippen LogP contribution in [0.15, 0.2) is 22.7 Å². The van der Waals surface area contributed by atoms with Crippen molar-refractivity contribution in [3.8, 4) is 0 Å². The minimum absolute atomic E-state index is 0.491. The summed E-state index contributed by atoms with van der Waals surface area (Å²) < 4.78 is 0.913. The molecule has 1 aromatic rings. The van der Waals surface area contributed by atoms with Crippen LogP contribution >= 0.6 is 27.5 Å². The predicted molar refractivity (Wildman–Crippen MR) is 67.3 cm³/mol. The Labute approximate surface area is 104 Å². The van der Waals surface area contributed by atoms with E-state index >= 15 is 0 Å². The number of likely N-dealkylation sites (N-methyl/N-ethyl adjacent to an activating group) is 1. The summed E-state index contributed by atoms with van der Waals surface area (Å²) in [7, 11) is 0. The molecule has 0 fully saturated rings. The highest BCUT2D eigenvalue weighted by Gasteiger charge is 2.24. The quantitative estimate of drug-likeness (QED) is 0.894. The standard InChI is InChI=1S/C11H15BrClNO/c1-3-14-7-11(2,15)9-5-4-8(12)6-10(9)13/h4-6,14-15H,3,7H2,1-2H3.